The van der Waals surface area contributed by atoms with Crippen molar-refractivity contribution in [2.75, 3.05) is 16.8 Å². The molecule has 0 unspecified atom stereocenters. The Morgan fingerprint density at radius 2 is 1.78 bits per heavy atom. The third-order valence-corrected chi connectivity index (χ3v) is 4.22. The summed E-state index contributed by atoms with van der Waals surface area (Å²) in [6.45, 7) is 4.22. The number of nitrogens with zero attached hydrogens (tertiary/aromatic N) is 3. The zero-order valence-corrected chi connectivity index (χ0v) is 15.1. The summed E-state index contributed by atoms with van der Waals surface area (Å²) < 4.78 is 0. The van der Waals surface area contributed by atoms with Gasteiger partial charge in [0.2, 0.25) is 5.95 Å². The Morgan fingerprint density at radius 1 is 1.07 bits per heavy atom. The number of nitrogens with two attached hydrogens (primary N) is 2. The molecule has 0 aliphatic rings. The molecule has 0 fully saturated rings. The SMILES string of the molecule is Cc1ccc(CNc2ccc(-c3c(C)nc(N)nc3N)cc2[N+](=O)[O-])cc1. The molecule has 1 heterocycles. The van der Waals surface area contributed by atoms with E-state index in [2.05, 4.69) is 15.3 Å². The molecule has 8 nitrogen and oxygen atoms in total. The standard InChI is InChI=1S/C19H20N6O2/c1-11-3-5-13(6-4-11)10-22-15-8-7-14(9-16(15)25(26)27)17-12(2)23-19(21)24-18(17)20/h3-9,22H,10H2,1-2H3,(H4,20,21,23,24). The van der Waals surface area contributed by atoms with Crippen LogP contribution < -0.4 is 16.8 Å². The smallest absolute Gasteiger partial charge is 0.292 e. The molecule has 0 aliphatic carbocycles. The Hall–Kier alpha value is -3.68. The lowest BCUT2D eigenvalue weighted by Gasteiger charge is -2.12. The summed E-state index contributed by atoms with van der Waals surface area (Å²) in [5.41, 5.74) is 15.8. The van der Waals surface area contributed by atoms with Crippen molar-refractivity contribution < 1.29 is 4.92 Å². The van der Waals surface area contributed by atoms with Crippen LogP contribution in [0.25, 0.3) is 11.1 Å². The van der Waals surface area contributed by atoms with E-state index in [4.69, 9.17) is 11.5 Å². The van der Waals surface area contributed by atoms with E-state index in [0.717, 1.165) is 11.1 Å². The van der Waals surface area contributed by atoms with Crippen molar-refractivity contribution in [1.82, 2.24) is 9.97 Å². The number of hydrogen-bond donors (Lipinski definition) is 3. The number of nitro benzene ring substituents is 1. The summed E-state index contributed by atoms with van der Waals surface area (Å²) in [6.07, 6.45) is 0. The number of nitro groups is 1. The number of nitrogen functional groups attached to an aromatic ring is 2. The second kappa shape index (κ2) is 7.28. The lowest BCUT2D eigenvalue weighted by atomic mass is 10.0. The van der Waals surface area contributed by atoms with Crippen LogP contribution in [0.15, 0.2) is 42.5 Å². The molecule has 0 saturated heterocycles. The van der Waals surface area contributed by atoms with Crippen LogP contribution in [-0.4, -0.2) is 14.9 Å². The summed E-state index contributed by atoms with van der Waals surface area (Å²) in [5.74, 6) is 0.259. The monoisotopic (exact) mass is 364 g/mol. The number of rotatable bonds is 5. The molecule has 3 rings (SSSR count). The zero-order chi connectivity index (χ0) is 19.6. The van der Waals surface area contributed by atoms with Gasteiger partial charge in [0.25, 0.3) is 5.69 Å². The van der Waals surface area contributed by atoms with Gasteiger partial charge in [-0.05, 0) is 31.0 Å². The highest BCUT2D eigenvalue weighted by atomic mass is 16.6. The predicted octanol–water partition coefficient (Wildman–Crippen LogP) is 3.45. The normalized spacial score (nSPS) is 10.6. The third kappa shape index (κ3) is 3.95. The van der Waals surface area contributed by atoms with Crippen LogP contribution in [0.5, 0.6) is 0 Å². The Kier molecular flexibility index (Phi) is 4.89. The first-order chi connectivity index (χ1) is 12.8. The van der Waals surface area contributed by atoms with Crippen molar-refractivity contribution >= 4 is 23.1 Å². The number of nitrogens with one attached hydrogen (secondary N) is 1. The summed E-state index contributed by atoms with van der Waals surface area (Å²) in [4.78, 5) is 19.2. The van der Waals surface area contributed by atoms with Gasteiger partial charge in [0, 0.05) is 18.2 Å². The summed E-state index contributed by atoms with van der Waals surface area (Å²) >= 11 is 0. The fraction of sp³-hybridized carbons (Fsp3) is 0.158. The van der Waals surface area contributed by atoms with E-state index in [-0.39, 0.29) is 17.5 Å². The molecule has 0 spiro atoms. The average Bonchev–Trinajstić information content (AvgIpc) is 2.61. The molecule has 0 saturated carbocycles. The van der Waals surface area contributed by atoms with Crippen molar-refractivity contribution in [2.24, 2.45) is 0 Å². The van der Waals surface area contributed by atoms with Gasteiger partial charge in [-0.2, -0.15) is 4.98 Å². The number of aromatic nitrogens is 2. The number of hydrogen-bond acceptors (Lipinski definition) is 7. The highest BCUT2D eigenvalue weighted by Crippen LogP contribution is 2.34. The third-order valence-electron chi connectivity index (χ3n) is 4.22. The van der Waals surface area contributed by atoms with E-state index in [1.807, 2.05) is 31.2 Å². The molecule has 0 radical (unpaired) electrons. The molecule has 2 aromatic carbocycles. The van der Waals surface area contributed by atoms with Crippen molar-refractivity contribution in [3.8, 4) is 11.1 Å². The summed E-state index contributed by atoms with van der Waals surface area (Å²) in [7, 11) is 0. The number of aryl methyl sites for hydroxylation is 2. The van der Waals surface area contributed by atoms with E-state index in [9.17, 15) is 10.1 Å². The molecule has 1 aromatic heterocycles. The van der Waals surface area contributed by atoms with E-state index >= 15 is 0 Å². The topological polar surface area (TPSA) is 133 Å². The van der Waals surface area contributed by atoms with Crippen molar-refractivity contribution in [3.63, 3.8) is 0 Å². The Bertz CT molecular complexity index is 979. The van der Waals surface area contributed by atoms with Crippen LogP contribution in [0.3, 0.4) is 0 Å². The fourth-order valence-corrected chi connectivity index (χ4v) is 2.87. The maximum absolute atomic E-state index is 11.6. The second-order valence-corrected chi connectivity index (χ2v) is 6.26. The Morgan fingerprint density at radius 3 is 2.41 bits per heavy atom. The van der Waals surface area contributed by atoms with Crippen LogP contribution in [0.4, 0.5) is 23.1 Å². The van der Waals surface area contributed by atoms with Gasteiger partial charge in [0.15, 0.2) is 0 Å². The molecule has 138 valence electrons. The van der Waals surface area contributed by atoms with Crippen molar-refractivity contribution in [1.29, 1.82) is 0 Å². The maximum Gasteiger partial charge on any atom is 0.292 e. The van der Waals surface area contributed by atoms with Crippen LogP contribution in [-0.2, 0) is 6.54 Å². The molecule has 0 bridgehead atoms. The minimum atomic E-state index is -0.426. The molecule has 27 heavy (non-hydrogen) atoms. The van der Waals surface area contributed by atoms with Gasteiger partial charge in [0.05, 0.1) is 10.6 Å². The zero-order valence-electron chi connectivity index (χ0n) is 15.1. The Labute approximate surface area is 156 Å². The fourth-order valence-electron chi connectivity index (χ4n) is 2.87. The van der Waals surface area contributed by atoms with Gasteiger partial charge in [-0.1, -0.05) is 35.9 Å². The summed E-state index contributed by atoms with van der Waals surface area (Å²) in [6, 6.07) is 12.9. The lowest BCUT2D eigenvalue weighted by molar-refractivity contribution is -0.383. The van der Waals surface area contributed by atoms with Crippen LogP contribution in [0.2, 0.25) is 0 Å². The maximum atomic E-state index is 11.6. The minimum Gasteiger partial charge on any atom is -0.383 e. The quantitative estimate of drug-likeness (QED) is 0.466. The van der Waals surface area contributed by atoms with Crippen LogP contribution in [0, 0.1) is 24.0 Å². The van der Waals surface area contributed by atoms with E-state index in [0.29, 0.717) is 29.1 Å². The van der Waals surface area contributed by atoms with Gasteiger partial charge in [-0.25, -0.2) is 4.98 Å². The predicted molar refractivity (Wildman–Crippen MR) is 106 cm³/mol. The summed E-state index contributed by atoms with van der Waals surface area (Å²) in [5, 5.41) is 14.7. The number of benzene rings is 2. The average molecular weight is 364 g/mol. The number of anilines is 3. The highest BCUT2D eigenvalue weighted by Gasteiger charge is 2.18. The first-order valence-corrected chi connectivity index (χ1v) is 8.33. The van der Waals surface area contributed by atoms with Gasteiger partial charge in [-0.15, -0.1) is 0 Å². The van der Waals surface area contributed by atoms with Crippen LogP contribution >= 0.6 is 0 Å². The van der Waals surface area contributed by atoms with E-state index < -0.39 is 4.92 Å². The van der Waals surface area contributed by atoms with Crippen molar-refractivity contribution in [2.45, 2.75) is 20.4 Å². The van der Waals surface area contributed by atoms with Crippen molar-refractivity contribution in [3.05, 3.63) is 69.4 Å². The highest BCUT2D eigenvalue weighted by molar-refractivity contribution is 5.80. The van der Waals surface area contributed by atoms with E-state index in [1.54, 1.807) is 19.1 Å². The minimum absolute atomic E-state index is 0.0461. The molecule has 0 atom stereocenters. The molecule has 0 aliphatic heterocycles. The van der Waals surface area contributed by atoms with Gasteiger partial charge in [-0.3, -0.25) is 10.1 Å². The second-order valence-electron chi connectivity index (χ2n) is 6.26. The largest absolute Gasteiger partial charge is 0.383 e. The molecule has 0 amide bonds. The Balaban J connectivity index is 1.94. The molecular formula is C19H20N6O2. The molecule has 8 heteroatoms. The molecular weight excluding hydrogens is 344 g/mol. The first kappa shape index (κ1) is 18.1. The van der Waals surface area contributed by atoms with Gasteiger partial charge in [0.1, 0.15) is 11.5 Å². The van der Waals surface area contributed by atoms with Gasteiger partial charge >= 0.3 is 0 Å². The molecule has 5 N–H and O–H groups in total. The first-order valence-electron chi connectivity index (χ1n) is 8.33. The lowest BCUT2D eigenvalue weighted by Crippen LogP contribution is -2.06. The van der Waals surface area contributed by atoms with Crippen LogP contribution in [0.1, 0.15) is 16.8 Å². The van der Waals surface area contributed by atoms with E-state index in [1.165, 1.54) is 6.07 Å². The van der Waals surface area contributed by atoms with Gasteiger partial charge < -0.3 is 16.8 Å². The molecule has 3 aromatic rings.